The van der Waals surface area contributed by atoms with Crippen molar-refractivity contribution in [3.8, 4) is 0 Å². The average Bonchev–Trinajstić information content (AvgIpc) is 2.87. The predicted octanol–water partition coefficient (Wildman–Crippen LogP) is -0.652. The number of carbonyl (C=O) groups is 2. The first-order valence-corrected chi connectivity index (χ1v) is 6.98. The van der Waals surface area contributed by atoms with E-state index < -0.39 is 0 Å². The SMILES string of the molecule is CC(C)C(=O)N[C@@H]1CN[C@H](C(=O)N2CCOCC2)C1. The average molecular weight is 269 g/mol. The van der Waals surface area contributed by atoms with Crippen LogP contribution in [0.5, 0.6) is 0 Å². The van der Waals surface area contributed by atoms with Crippen LogP contribution in [0.4, 0.5) is 0 Å². The zero-order valence-corrected chi connectivity index (χ0v) is 11.6. The molecule has 108 valence electrons. The number of amides is 2. The number of hydrogen-bond acceptors (Lipinski definition) is 4. The van der Waals surface area contributed by atoms with Crippen LogP contribution in [-0.2, 0) is 14.3 Å². The number of nitrogens with zero attached hydrogens (tertiary/aromatic N) is 1. The van der Waals surface area contributed by atoms with E-state index in [-0.39, 0.29) is 29.8 Å². The lowest BCUT2D eigenvalue weighted by Gasteiger charge is -2.29. The lowest BCUT2D eigenvalue weighted by Crippen LogP contribution is -2.48. The molecule has 0 radical (unpaired) electrons. The van der Waals surface area contributed by atoms with Gasteiger partial charge in [-0.25, -0.2) is 0 Å². The largest absolute Gasteiger partial charge is 0.378 e. The third-order valence-electron chi connectivity index (χ3n) is 3.62. The van der Waals surface area contributed by atoms with Crippen LogP contribution < -0.4 is 10.6 Å². The Morgan fingerprint density at radius 3 is 2.63 bits per heavy atom. The molecule has 2 aliphatic heterocycles. The summed E-state index contributed by atoms with van der Waals surface area (Å²) in [4.78, 5) is 25.7. The van der Waals surface area contributed by atoms with Crippen LogP contribution in [-0.4, -0.2) is 61.6 Å². The standard InChI is InChI=1S/C13H23N3O3/c1-9(2)12(17)15-10-7-11(14-8-10)13(18)16-3-5-19-6-4-16/h9-11,14H,3-8H2,1-2H3,(H,15,17)/t10-,11-/m0/s1. The van der Waals surface area contributed by atoms with Crippen molar-refractivity contribution in [3.63, 3.8) is 0 Å². The fourth-order valence-electron chi connectivity index (χ4n) is 2.41. The highest BCUT2D eigenvalue weighted by molar-refractivity contribution is 5.83. The van der Waals surface area contributed by atoms with Gasteiger partial charge in [-0.3, -0.25) is 9.59 Å². The van der Waals surface area contributed by atoms with Gasteiger partial charge in [-0.2, -0.15) is 0 Å². The van der Waals surface area contributed by atoms with E-state index in [1.165, 1.54) is 0 Å². The molecule has 19 heavy (non-hydrogen) atoms. The van der Waals surface area contributed by atoms with Gasteiger partial charge in [0.15, 0.2) is 0 Å². The molecule has 0 spiro atoms. The van der Waals surface area contributed by atoms with E-state index in [1.54, 1.807) is 0 Å². The zero-order chi connectivity index (χ0) is 13.8. The molecule has 2 heterocycles. The third kappa shape index (κ3) is 3.67. The highest BCUT2D eigenvalue weighted by atomic mass is 16.5. The van der Waals surface area contributed by atoms with E-state index in [1.807, 2.05) is 18.7 Å². The number of ether oxygens (including phenoxy) is 1. The smallest absolute Gasteiger partial charge is 0.239 e. The molecule has 0 aliphatic carbocycles. The number of morpholine rings is 1. The highest BCUT2D eigenvalue weighted by Crippen LogP contribution is 2.11. The number of rotatable bonds is 3. The molecule has 2 rings (SSSR count). The first-order chi connectivity index (χ1) is 9.08. The van der Waals surface area contributed by atoms with Crippen LogP contribution in [0.1, 0.15) is 20.3 Å². The molecule has 0 aromatic heterocycles. The van der Waals surface area contributed by atoms with Crippen LogP contribution in [0.2, 0.25) is 0 Å². The van der Waals surface area contributed by atoms with E-state index >= 15 is 0 Å². The summed E-state index contributed by atoms with van der Waals surface area (Å²) < 4.78 is 5.24. The lowest BCUT2D eigenvalue weighted by molar-refractivity contribution is -0.137. The Kier molecular flexibility index (Phi) is 4.76. The second-order valence-corrected chi connectivity index (χ2v) is 5.49. The number of hydrogen-bond donors (Lipinski definition) is 2. The summed E-state index contributed by atoms with van der Waals surface area (Å²) in [5.41, 5.74) is 0. The Morgan fingerprint density at radius 2 is 2.00 bits per heavy atom. The highest BCUT2D eigenvalue weighted by Gasteiger charge is 2.33. The molecule has 0 aromatic carbocycles. The predicted molar refractivity (Wildman–Crippen MR) is 70.6 cm³/mol. The van der Waals surface area contributed by atoms with Gasteiger partial charge in [0.25, 0.3) is 0 Å². The molecular weight excluding hydrogens is 246 g/mol. The molecule has 2 aliphatic rings. The van der Waals surface area contributed by atoms with Crippen LogP contribution in [0.3, 0.4) is 0 Å². The summed E-state index contributed by atoms with van der Waals surface area (Å²) in [5.74, 6) is 0.157. The monoisotopic (exact) mass is 269 g/mol. The molecule has 0 aromatic rings. The molecular formula is C13H23N3O3. The number of nitrogens with one attached hydrogen (secondary N) is 2. The summed E-state index contributed by atoms with van der Waals surface area (Å²) in [6.07, 6.45) is 0.675. The summed E-state index contributed by atoms with van der Waals surface area (Å²) in [6.45, 7) is 6.97. The van der Waals surface area contributed by atoms with Gasteiger partial charge in [-0.15, -0.1) is 0 Å². The van der Waals surface area contributed by atoms with Crippen LogP contribution in [0.25, 0.3) is 0 Å². The second-order valence-electron chi connectivity index (χ2n) is 5.49. The van der Waals surface area contributed by atoms with Gasteiger partial charge in [-0.1, -0.05) is 13.8 Å². The van der Waals surface area contributed by atoms with Crippen molar-refractivity contribution in [2.24, 2.45) is 5.92 Å². The Morgan fingerprint density at radius 1 is 1.32 bits per heavy atom. The molecule has 2 saturated heterocycles. The zero-order valence-electron chi connectivity index (χ0n) is 11.6. The summed E-state index contributed by atoms with van der Waals surface area (Å²) in [5, 5.41) is 6.17. The molecule has 2 fully saturated rings. The quantitative estimate of drug-likeness (QED) is 0.714. The molecule has 6 heteroatoms. The van der Waals surface area contributed by atoms with Crippen LogP contribution >= 0.6 is 0 Å². The Balaban J connectivity index is 1.80. The maximum atomic E-state index is 12.3. The molecule has 2 N–H and O–H groups in total. The van der Waals surface area contributed by atoms with E-state index in [2.05, 4.69) is 10.6 Å². The minimum atomic E-state index is -0.171. The lowest BCUT2D eigenvalue weighted by atomic mass is 10.1. The van der Waals surface area contributed by atoms with Crippen molar-refractivity contribution >= 4 is 11.8 Å². The summed E-state index contributed by atoms with van der Waals surface area (Å²) in [7, 11) is 0. The maximum absolute atomic E-state index is 12.3. The Labute approximate surface area is 113 Å². The van der Waals surface area contributed by atoms with Gasteiger partial charge >= 0.3 is 0 Å². The van der Waals surface area contributed by atoms with Gasteiger partial charge in [0, 0.05) is 31.6 Å². The molecule has 0 saturated carbocycles. The maximum Gasteiger partial charge on any atom is 0.239 e. The van der Waals surface area contributed by atoms with Crippen molar-refractivity contribution in [2.75, 3.05) is 32.8 Å². The molecule has 0 unspecified atom stereocenters. The fourth-order valence-corrected chi connectivity index (χ4v) is 2.41. The van der Waals surface area contributed by atoms with Crippen molar-refractivity contribution in [2.45, 2.75) is 32.4 Å². The van der Waals surface area contributed by atoms with Crippen molar-refractivity contribution in [3.05, 3.63) is 0 Å². The van der Waals surface area contributed by atoms with Crippen molar-refractivity contribution in [1.29, 1.82) is 0 Å². The first kappa shape index (κ1) is 14.3. The summed E-state index contributed by atoms with van der Waals surface area (Å²) in [6, 6.07) is -0.111. The molecule has 6 nitrogen and oxygen atoms in total. The number of carbonyl (C=O) groups excluding carboxylic acids is 2. The topological polar surface area (TPSA) is 70.7 Å². The normalized spacial score (nSPS) is 27.6. The second kappa shape index (κ2) is 6.34. The van der Waals surface area contributed by atoms with Crippen molar-refractivity contribution in [1.82, 2.24) is 15.5 Å². The van der Waals surface area contributed by atoms with E-state index in [9.17, 15) is 9.59 Å². The van der Waals surface area contributed by atoms with Gasteiger partial charge < -0.3 is 20.3 Å². The van der Waals surface area contributed by atoms with Gasteiger partial charge in [-0.05, 0) is 6.42 Å². The van der Waals surface area contributed by atoms with Gasteiger partial charge in [0.2, 0.25) is 11.8 Å². The minimum Gasteiger partial charge on any atom is -0.378 e. The molecule has 2 atom stereocenters. The van der Waals surface area contributed by atoms with Crippen molar-refractivity contribution < 1.29 is 14.3 Å². The van der Waals surface area contributed by atoms with E-state index in [0.29, 0.717) is 39.3 Å². The third-order valence-corrected chi connectivity index (χ3v) is 3.62. The van der Waals surface area contributed by atoms with Crippen LogP contribution in [0, 0.1) is 5.92 Å². The van der Waals surface area contributed by atoms with Crippen LogP contribution in [0.15, 0.2) is 0 Å². The Bertz CT molecular complexity index is 340. The minimum absolute atomic E-state index is 0.0194. The van der Waals surface area contributed by atoms with Gasteiger partial charge in [0.1, 0.15) is 0 Å². The van der Waals surface area contributed by atoms with E-state index in [4.69, 9.17) is 4.74 Å². The molecule has 2 amide bonds. The fraction of sp³-hybridized carbons (Fsp3) is 0.846. The first-order valence-electron chi connectivity index (χ1n) is 6.98. The molecule has 0 bridgehead atoms. The van der Waals surface area contributed by atoms with Gasteiger partial charge in [0.05, 0.1) is 19.3 Å². The Hall–Kier alpha value is -1.14. The van der Waals surface area contributed by atoms with E-state index in [0.717, 1.165) is 0 Å². The summed E-state index contributed by atoms with van der Waals surface area (Å²) >= 11 is 0.